The fourth-order valence-corrected chi connectivity index (χ4v) is 11.0. The highest BCUT2D eigenvalue weighted by atomic mass is 127. The molecule has 3 aromatic heterocycles. The van der Waals surface area contributed by atoms with E-state index in [-0.39, 0.29) is 7.43 Å². The van der Waals surface area contributed by atoms with Gasteiger partial charge >= 0.3 is 0 Å². The van der Waals surface area contributed by atoms with Gasteiger partial charge in [-0.1, -0.05) is 240 Å². The van der Waals surface area contributed by atoms with Gasteiger partial charge in [-0.15, -0.1) is 21.1 Å². The second-order valence-corrected chi connectivity index (χ2v) is 19.5. The van der Waals surface area contributed by atoms with Crippen molar-refractivity contribution in [2.45, 2.75) is 42.0 Å². The first kappa shape index (κ1) is 58.7. The second kappa shape index (κ2) is 28.6. The number of para-hydroxylation sites is 2. The molecule has 13 rings (SSSR count). The lowest BCUT2D eigenvalue weighted by Gasteiger charge is -2.10. The van der Waals surface area contributed by atoms with Crippen LogP contribution in [-0.2, 0) is 0 Å². The van der Waals surface area contributed by atoms with E-state index in [0.717, 1.165) is 22.4 Å². The van der Waals surface area contributed by atoms with Crippen molar-refractivity contribution in [3.8, 4) is 33.6 Å². The first-order valence-corrected chi connectivity index (χ1v) is 30.3. The third-order valence-electron chi connectivity index (χ3n) is 13.3. The summed E-state index contributed by atoms with van der Waals surface area (Å²) in [7, 11) is 3.50. The van der Waals surface area contributed by atoms with Gasteiger partial charge in [0.15, 0.2) is 0 Å². The number of aromatic nitrogens is 2. The first-order chi connectivity index (χ1) is 38.3. The summed E-state index contributed by atoms with van der Waals surface area (Å²) in [6.07, 6.45) is 7.76. The third-order valence-corrected chi connectivity index (χ3v) is 14.5. The van der Waals surface area contributed by atoms with E-state index in [1.807, 2.05) is 139 Å². The molecule has 5 heteroatoms. The maximum absolute atomic E-state index is 3.99. The van der Waals surface area contributed by atoms with Crippen molar-refractivity contribution in [2.75, 3.05) is 0 Å². The molecule has 13 aromatic rings. The number of hydrogen-bond donors (Lipinski definition) is 1. The SMILES string of the molecule is C.C=C(C)/C=C\C.C=Cc1cccc(-c2ccc3c(c2)c2ccccc2n3-c2ccc3sc4c(-n5c6ccccc6c6cc(-c7cccc(C=C)c7)ccc65)cccc4c3c2)c1.CC.Cc1ccccc1.SI.c1ccccc1. The Bertz CT molecular complexity index is 4150. The maximum Gasteiger partial charge on any atom is 0.0640 e. The molecule has 0 spiro atoms. The lowest BCUT2D eigenvalue weighted by molar-refractivity contribution is 1.19. The van der Waals surface area contributed by atoms with Gasteiger partial charge in [-0.05, 0) is 148 Å². The van der Waals surface area contributed by atoms with Gasteiger partial charge < -0.3 is 9.13 Å². The van der Waals surface area contributed by atoms with Crippen LogP contribution in [0.25, 0.3) is 110 Å². The average Bonchev–Trinajstić information content (AvgIpc) is 4.21. The maximum atomic E-state index is 3.99. The van der Waals surface area contributed by atoms with Crippen LogP contribution in [0.3, 0.4) is 0 Å². The predicted molar refractivity (Wildman–Crippen MR) is 367 cm³/mol. The second-order valence-electron chi connectivity index (χ2n) is 18.4. The molecule has 0 aliphatic carbocycles. The predicted octanol–water partition coefficient (Wildman–Crippen LogP) is 23.6. The van der Waals surface area contributed by atoms with E-state index in [1.54, 1.807) is 0 Å². The number of thiol groups is 1. The number of hydrogen-bond acceptors (Lipinski definition) is 2. The number of halogens is 1. The van der Waals surface area contributed by atoms with Crippen molar-refractivity contribution in [2.24, 2.45) is 0 Å². The molecule has 3 heterocycles. The summed E-state index contributed by atoms with van der Waals surface area (Å²) in [5, 5.41) is 7.54. The highest BCUT2D eigenvalue weighted by Crippen LogP contribution is 2.43. The van der Waals surface area contributed by atoms with Crippen LogP contribution in [0.2, 0.25) is 0 Å². The van der Waals surface area contributed by atoms with Crippen LogP contribution < -0.4 is 0 Å². The molecule has 0 fully saturated rings. The van der Waals surface area contributed by atoms with E-state index < -0.39 is 0 Å². The molecule has 0 N–H and O–H groups in total. The fourth-order valence-electron chi connectivity index (χ4n) is 9.82. The third kappa shape index (κ3) is 13.3. The van der Waals surface area contributed by atoms with Crippen molar-refractivity contribution in [3.63, 3.8) is 0 Å². The summed E-state index contributed by atoms with van der Waals surface area (Å²) >= 11 is 3.72. The monoisotopic (exact) mass is 1180 g/mol. The molecular weight excluding hydrogens is 1110 g/mol. The number of nitrogens with zero attached hydrogens (tertiary/aromatic N) is 2. The van der Waals surface area contributed by atoms with Crippen molar-refractivity contribution < 1.29 is 0 Å². The lowest BCUT2D eigenvalue weighted by Crippen LogP contribution is -1.94. The highest BCUT2D eigenvalue weighted by molar-refractivity contribution is 14.2. The Morgan fingerprint density at radius 2 is 0.899 bits per heavy atom. The molecular formula is C74H69IN2S2. The molecule has 0 amide bonds. The van der Waals surface area contributed by atoms with E-state index >= 15 is 0 Å². The molecule has 0 bridgehead atoms. The van der Waals surface area contributed by atoms with E-state index in [1.165, 1.54) is 97.3 Å². The van der Waals surface area contributed by atoms with Gasteiger partial charge in [0.25, 0.3) is 0 Å². The van der Waals surface area contributed by atoms with Gasteiger partial charge in [0.05, 0.1) is 32.5 Å². The molecule has 10 aromatic carbocycles. The smallest absolute Gasteiger partial charge is 0.0640 e. The van der Waals surface area contributed by atoms with E-state index in [9.17, 15) is 0 Å². The molecule has 0 radical (unpaired) electrons. The van der Waals surface area contributed by atoms with Gasteiger partial charge in [0.1, 0.15) is 0 Å². The standard InChI is InChI=1S/C52H34N2S.C7H8.C6H6.C6H10.C2H6.CH4.HIS/c1-3-33-12-9-14-35(28-33)37-22-25-48-43(30-37)40-16-5-7-19-46(40)53(48)39-24-27-51-45(32-39)42-18-11-21-50(52(42)55-51)54-47-20-8-6-17-41(47)44-31-38(23-26-49(44)54)36-15-10-13-34(4-2)29-36;1-7-5-3-2-4-6-7;1-2-4-6-5-3-1;1-4-5-6(2)3;1-2;;1-2/h3-32H,1-2H2;2-6H,1H3;1-6H;4-5H,2H2,1,3H3;1-2H3;1H4;2H/b;;;5-4-;;;. The Kier molecular flexibility index (Phi) is 21.3. The van der Waals surface area contributed by atoms with Crippen molar-refractivity contribution in [1.82, 2.24) is 9.13 Å². The van der Waals surface area contributed by atoms with Crippen LogP contribution >= 0.6 is 42.3 Å². The summed E-state index contributed by atoms with van der Waals surface area (Å²) < 4.78 is 7.45. The van der Waals surface area contributed by atoms with Gasteiger partial charge in [-0.3, -0.25) is 0 Å². The molecule has 0 saturated carbocycles. The summed E-state index contributed by atoms with van der Waals surface area (Å²) in [5.41, 5.74) is 16.7. The molecule has 2 nitrogen and oxygen atoms in total. The number of rotatable bonds is 7. The van der Waals surface area contributed by atoms with E-state index in [4.69, 9.17) is 0 Å². The van der Waals surface area contributed by atoms with Gasteiger partial charge in [0.2, 0.25) is 0 Å². The van der Waals surface area contributed by atoms with Gasteiger partial charge in [0, 0.05) is 42.7 Å². The quantitative estimate of drug-likeness (QED) is 0.0926. The minimum atomic E-state index is 0. The lowest BCUT2D eigenvalue weighted by atomic mass is 10.0. The zero-order chi connectivity index (χ0) is 55.0. The Labute approximate surface area is 490 Å². The van der Waals surface area contributed by atoms with E-state index in [0.29, 0.717) is 0 Å². The van der Waals surface area contributed by atoms with Crippen LogP contribution in [0.5, 0.6) is 0 Å². The Hall–Kier alpha value is -7.94. The summed E-state index contributed by atoms with van der Waals surface area (Å²) in [6.45, 7) is 21.7. The van der Waals surface area contributed by atoms with E-state index in [2.05, 4.69) is 228 Å². The minimum Gasteiger partial charge on any atom is -0.309 e. The molecule has 0 unspecified atom stereocenters. The molecule has 0 atom stereocenters. The average molecular weight is 1180 g/mol. The van der Waals surface area contributed by atoms with Crippen LogP contribution in [0.15, 0.2) is 274 Å². The first-order valence-electron chi connectivity index (χ1n) is 26.3. The van der Waals surface area contributed by atoms with Crippen molar-refractivity contribution in [3.05, 3.63) is 291 Å². The Morgan fingerprint density at radius 1 is 0.456 bits per heavy atom. The molecule has 79 heavy (non-hydrogen) atoms. The summed E-state index contributed by atoms with van der Waals surface area (Å²) in [6, 6.07) is 84.5. The molecule has 0 aliphatic heterocycles. The number of fused-ring (bicyclic) bond motifs is 9. The van der Waals surface area contributed by atoms with Crippen molar-refractivity contribution in [1.29, 1.82) is 0 Å². The summed E-state index contributed by atoms with van der Waals surface area (Å²) in [5.74, 6) is 0. The molecule has 0 saturated heterocycles. The Balaban J connectivity index is 0.000000317. The fraction of sp³-hybridized carbons (Fsp3) is 0.0811. The number of thiophene rings is 1. The van der Waals surface area contributed by atoms with Crippen molar-refractivity contribution >= 4 is 118 Å². The normalized spacial score (nSPS) is 10.5. The topological polar surface area (TPSA) is 9.86 Å². The molecule has 394 valence electrons. The van der Waals surface area contributed by atoms with Gasteiger partial charge in [-0.25, -0.2) is 0 Å². The van der Waals surface area contributed by atoms with Crippen LogP contribution in [0.4, 0.5) is 0 Å². The number of benzene rings is 10. The van der Waals surface area contributed by atoms with Crippen LogP contribution in [-0.4, -0.2) is 9.13 Å². The Morgan fingerprint density at radius 3 is 1.38 bits per heavy atom. The molecule has 0 aliphatic rings. The minimum absolute atomic E-state index is 0. The zero-order valence-corrected chi connectivity index (χ0v) is 48.9. The van der Waals surface area contributed by atoms with Crippen LogP contribution in [0, 0.1) is 6.92 Å². The highest BCUT2D eigenvalue weighted by Gasteiger charge is 2.19. The summed E-state index contributed by atoms with van der Waals surface area (Å²) in [4.78, 5) is 0. The zero-order valence-electron chi connectivity index (χ0n) is 45.1. The number of aryl methyl sites for hydroxylation is 1. The van der Waals surface area contributed by atoms with Gasteiger partial charge in [-0.2, -0.15) is 0 Å². The largest absolute Gasteiger partial charge is 0.309 e. The van der Waals surface area contributed by atoms with Crippen LogP contribution in [0.1, 0.15) is 51.8 Å². The number of allylic oxidation sites excluding steroid dienone is 3.